The van der Waals surface area contributed by atoms with E-state index in [4.69, 9.17) is 11.6 Å². The lowest BCUT2D eigenvalue weighted by atomic mass is 10.0. The van der Waals surface area contributed by atoms with Crippen molar-refractivity contribution in [3.8, 4) is 16.9 Å². The molecule has 0 aliphatic rings. The molecule has 3 aromatic carbocycles. The van der Waals surface area contributed by atoms with Crippen molar-refractivity contribution in [3.05, 3.63) is 77.6 Å². The van der Waals surface area contributed by atoms with Crippen molar-refractivity contribution in [3.63, 3.8) is 0 Å². The smallest absolute Gasteiger partial charge is 0.191 e. The summed E-state index contributed by atoms with van der Waals surface area (Å²) in [5.74, 6) is -2.83. The van der Waals surface area contributed by atoms with Gasteiger partial charge in [-0.2, -0.15) is 0 Å². The number of aromatic hydroxyl groups is 1. The van der Waals surface area contributed by atoms with Gasteiger partial charge in [0.15, 0.2) is 17.4 Å². The van der Waals surface area contributed by atoms with Gasteiger partial charge in [-0.3, -0.25) is 0 Å². The van der Waals surface area contributed by atoms with Gasteiger partial charge in [0.05, 0.1) is 11.2 Å². The first-order chi connectivity index (χ1) is 13.0. The van der Waals surface area contributed by atoms with E-state index in [9.17, 15) is 13.9 Å². The maximum absolute atomic E-state index is 14.1. The second-order valence-electron chi connectivity index (χ2n) is 5.84. The third-order valence-corrected chi connectivity index (χ3v) is 4.38. The molecule has 4 aromatic rings. The molecule has 0 saturated heterocycles. The molecule has 0 bridgehead atoms. The van der Waals surface area contributed by atoms with Crippen LogP contribution in [-0.2, 0) is 0 Å². The van der Waals surface area contributed by atoms with Crippen molar-refractivity contribution in [2.24, 2.45) is 0 Å². The number of phenols is 1. The SMILES string of the molecule is Oc1c(F)ccc(Nc2ncnc3ccc(-c4ccc(Cl)cc4)cc23)c1F. The fourth-order valence-electron chi connectivity index (χ4n) is 2.74. The van der Waals surface area contributed by atoms with Gasteiger partial charge < -0.3 is 10.4 Å². The molecule has 7 heteroatoms. The first kappa shape index (κ1) is 17.2. The molecule has 4 nitrogen and oxygen atoms in total. The molecular formula is C20H12ClF2N3O. The van der Waals surface area contributed by atoms with E-state index in [2.05, 4.69) is 15.3 Å². The fourth-order valence-corrected chi connectivity index (χ4v) is 2.87. The summed E-state index contributed by atoms with van der Waals surface area (Å²) >= 11 is 5.94. The van der Waals surface area contributed by atoms with Crippen LogP contribution in [0.4, 0.5) is 20.3 Å². The number of nitrogens with zero attached hydrogens (tertiary/aromatic N) is 2. The Bertz CT molecular complexity index is 1150. The van der Waals surface area contributed by atoms with Crippen LogP contribution in [0.25, 0.3) is 22.0 Å². The average molecular weight is 384 g/mol. The Kier molecular flexibility index (Phi) is 4.33. The first-order valence-electron chi connectivity index (χ1n) is 7.97. The zero-order chi connectivity index (χ0) is 19.0. The summed E-state index contributed by atoms with van der Waals surface area (Å²) in [5.41, 5.74) is 2.41. The quantitative estimate of drug-likeness (QED) is 0.478. The zero-order valence-electron chi connectivity index (χ0n) is 13.7. The van der Waals surface area contributed by atoms with Gasteiger partial charge >= 0.3 is 0 Å². The lowest BCUT2D eigenvalue weighted by Crippen LogP contribution is -1.99. The third kappa shape index (κ3) is 3.27. The standard InChI is InChI=1S/C20H12ClF2N3O/c21-13-4-1-11(2-5-13)12-3-7-16-14(9-12)20(25-10-24-16)26-17-8-6-15(22)19(27)18(17)23/h1-10,27H,(H,24,25,26). The van der Waals surface area contributed by atoms with Gasteiger partial charge in [-0.25, -0.2) is 18.7 Å². The van der Waals surface area contributed by atoms with E-state index in [0.29, 0.717) is 21.7 Å². The molecule has 0 aliphatic heterocycles. The molecule has 0 atom stereocenters. The van der Waals surface area contributed by atoms with Gasteiger partial charge in [0, 0.05) is 10.4 Å². The molecule has 4 rings (SSSR count). The van der Waals surface area contributed by atoms with Crippen LogP contribution < -0.4 is 5.32 Å². The third-order valence-electron chi connectivity index (χ3n) is 4.13. The summed E-state index contributed by atoms with van der Waals surface area (Å²) in [6, 6.07) is 15.1. The number of benzene rings is 3. The van der Waals surface area contributed by atoms with Gasteiger partial charge in [0.25, 0.3) is 0 Å². The van der Waals surface area contributed by atoms with Crippen LogP contribution in [0.5, 0.6) is 5.75 Å². The van der Waals surface area contributed by atoms with E-state index in [0.717, 1.165) is 17.2 Å². The molecular weight excluding hydrogens is 372 g/mol. The highest BCUT2D eigenvalue weighted by atomic mass is 35.5. The lowest BCUT2D eigenvalue weighted by molar-refractivity contribution is 0.397. The summed E-state index contributed by atoms with van der Waals surface area (Å²) < 4.78 is 27.4. The Morgan fingerprint density at radius 1 is 0.889 bits per heavy atom. The number of aromatic nitrogens is 2. The summed E-state index contributed by atoms with van der Waals surface area (Å²) in [6.07, 6.45) is 1.34. The van der Waals surface area contributed by atoms with Crippen LogP contribution in [-0.4, -0.2) is 15.1 Å². The highest BCUT2D eigenvalue weighted by Crippen LogP contribution is 2.32. The van der Waals surface area contributed by atoms with Crippen LogP contribution in [0.2, 0.25) is 5.02 Å². The molecule has 1 heterocycles. The molecule has 0 spiro atoms. The molecule has 0 fully saturated rings. The van der Waals surface area contributed by atoms with Crippen molar-refractivity contribution in [1.82, 2.24) is 9.97 Å². The summed E-state index contributed by atoms with van der Waals surface area (Å²) in [4.78, 5) is 8.37. The lowest BCUT2D eigenvalue weighted by Gasteiger charge is -2.11. The van der Waals surface area contributed by atoms with Crippen LogP contribution in [0.1, 0.15) is 0 Å². The summed E-state index contributed by atoms with van der Waals surface area (Å²) in [7, 11) is 0. The van der Waals surface area contributed by atoms with E-state index < -0.39 is 17.4 Å². The monoisotopic (exact) mass is 383 g/mol. The van der Waals surface area contributed by atoms with Gasteiger partial charge in [-0.05, 0) is 47.5 Å². The van der Waals surface area contributed by atoms with Crippen LogP contribution in [0.15, 0.2) is 60.9 Å². The van der Waals surface area contributed by atoms with E-state index >= 15 is 0 Å². The first-order valence-corrected chi connectivity index (χ1v) is 8.35. The maximum atomic E-state index is 14.1. The predicted molar refractivity (Wildman–Crippen MR) is 101 cm³/mol. The Hall–Kier alpha value is -3.25. The highest BCUT2D eigenvalue weighted by Gasteiger charge is 2.14. The number of nitrogens with one attached hydrogen (secondary N) is 1. The topological polar surface area (TPSA) is 58.0 Å². The van der Waals surface area contributed by atoms with Crippen LogP contribution >= 0.6 is 11.6 Å². The highest BCUT2D eigenvalue weighted by molar-refractivity contribution is 6.30. The minimum atomic E-state index is -1.09. The molecule has 0 unspecified atom stereocenters. The zero-order valence-corrected chi connectivity index (χ0v) is 14.5. The number of halogens is 3. The van der Waals surface area contributed by atoms with E-state index in [-0.39, 0.29) is 5.69 Å². The number of fused-ring (bicyclic) bond motifs is 1. The normalized spacial score (nSPS) is 10.9. The van der Waals surface area contributed by atoms with E-state index in [1.807, 2.05) is 30.3 Å². The molecule has 0 radical (unpaired) electrons. The molecule has 0 aliphatic carbocycles. The Morgan fingerprint density at radius 2 is 1.63 bits per heavy atom. The van der Waals surface area contributed by atoms with Crippen molar-refractivity contribution in [1.29, 1.82) is 0 Å². The van der Waals surface area contributed by atoms with Crippen LogP contribution in [0.3, 0.4) is 0 Å². The summed E-state index contributed by atoms with van der Waals surface area (Å²) in [6.45, 7) is 0. The Labute approximate surface area is 158 Å². The Balaban J connectivity index is 1.80. The maximum Gasteiger partial charge on any atom is 0.191 e. The average Bonchev–Trinajstić information content (AvgIpc) is 2.69. The number of rotatable bonds is 3. The van der Waals surface area contributed by atoms with Crippen molar-refractivity contribution in [2.45, 2.75) is 0 Å². The molecule has 0 saturated carbocycles. The van der Waals surface area contributed by atoms with E-state index in [1.54, 1.807) is 12.1 Å². The minimum absolute atomic E-state index is 0.0919. The number of phenolic OH excluding ortho intramolecular Hbond substituents is 1. The minimum Gasteiger partial charge on any atom is -0.503 e. The van der Waals surface area contributed by atoms with Crippen LogP contribution in [0, 0.1) is 11.6 Å². The van der Waals surface area contributed by atoms with E-state index in [1.165, 1.54) is 12.4 Å². The number of hydrogen-bond donors (Lipinski definition) is 2. The molecule has 134 valence electrons. The van der Waals surface area contributed by atoms with Gasteiger partial charge in [0.2, 0.25) is 0 Å². The largest absolute Gasteiger partial charge is 0.503 e. The predicted octanol–water partition coefficient (Wildman–Crippen LogP) is 5.68. The number of hydrogen-bond acceptors (Lipinski definition) is 4. The number of anilines is 2. The van der Waals surface area contributed by atoms with Crippen molar-refractivity contribution in [2.75, 3.05) is 5.32 Å². The second kappa shape index (κ2) is 6.81. The van der Waals surface area contributed by atoms with Crippen molar-refractivity contribution < 1.29 is 13.9 Å². The molecule has 0 amide bonds. The molecule has 2 N–H and O–H groups in total. The van der Waals surface area contributed by atoms with Gasteiger partial charge in [-0.1, -0.05) is 29.8 Å². The summed E-state index contributed by atoms with van der Waals surface area (Å²) in [5, 5.41) is 13.5. The van der Waals surface area contributed by atoms with Crippen molar-refractivity contribution >= 4 is 34.0 Å². The second-order valence-corrected chi connectivity index (χ2v) is 6.28. The molecule has 1 aromatic heterocycles. The van der Waals surface area contributed by atoms with Gasteiger partial charge in [-0.15, -0.1) is 0 Å². The Morgan fingerprint density at radius 3 is 2.41 bits per heavy atom. The fraction of sp³-hybridized carbons (Fsp3) is 0. The van der Waals surface area contributed by atoms with Gasteiger partial charge in [0.1, 0.15) is 12.1 Å². The molecule has 27 heavy (non-hydrogen) atoms.